The number of fused-ring (bicyclic) bond motifs is 1. The highest BCUT2D eigenvalue weighted by Crippen LogP contribution is 2.30. The van der Waals surface area contributed by atoms with E-state index >= 15 is 0 Å². The Labute approximate surface area is 233 Å². The van der Waals surface area contributed by atoms with Crippen LogP contribution in [0, 0.1) is 12.7 Å². The topological polar surface area (TPSA) is 74.3 Å². The molecule has 7 nitrogen and oxygen atoms in total. The molecule has 0 aliphatic rings. The highest BCUT2D eigenvalue weighted by atomic mass is 32.1. The Kier molecular flexibility index (Phi) is 6.79. The van der Waals surface area contributed by atoms with Gasteiger partial charge >= 0.3 is 0 Å². The predicted octanol–water partition coefficient (Wildman–Crippen LogP) is 5.57. The smallest absolute Gasteiger partial charge is 0.291 e. The highest BCUT2D eigenvalue weighted by Gasteiger charge is 2.16. The second-order valence-corrected chi connectivity index (χ2v) is 10.1. The molecule has 198 valence electrons. The van der Waals surface area contributed by atoms with Gasteiger partial charge in [0.2, 0.25) is 4.96 Å². The number of nitrogens with zero attached hydrogens (tertiary/aromatic N) is 5. The summed E-state index contributed by atoms with van der Waals surface area (Å²) in [5.41, 5.74) is 4.99. The molecule has 40 heavy (non-hydrogen) atoms. The molecule has 0 amide bonds. The number of halogens is 1. The zero-order chi connectivity index (χ0) is 27.6. The van der Waals surface area contributed by atoms with Crippen LogP contribution < -0.4 is 14.8 Å². The van der Waals surface area contributed by atoms with Gasteiger partial charge in [-0.2, -0.15) is 14.6 Å². The number of benzene rings is 3. The van der Waals surface area contributed by atoms with Crippen molar-refractivity contribution in [3.8, 4) is 22.7 Å². The lowest BCUT2D eigenvalue weighted by atomic mass is 10.0. The summed E-state index contributed by atoms with van der Waals surface area (Å²) in [7, 11) is 0. The molecular formula is C31H24FN5O2S. The van der Waals surface area contributed by atoms with Crippen molar-refractivity contribution in [1.82, 2.24) is 24.4 Å². The summed E-state index contributed by atoms with van der Waals surface area (Å²) in [5, 5.41) is 9.27. The van der Waals surface area contributed by atoms with E-state index in [9.17, 15) is 9.18 Å². The average Bonchev–Trinajstić information content (AvgIpc) is 3.64. The number of hydrogen-bond acceptors (Lipinski definition) is 6. The molecule has 0 bridgehead atoms. The van der Waals surface area contributed by atoms with Crippen molar-refractivity contribution in [2.24, 2.45) is 0 Å². The molecule has 3 heterocycles. The van der Waals surface area contributed by atoms with Crippen LogP contribution in [0.1, 0.15) is 29.4 Å². The molecule has 6 rings (SSSR count). The first kappa shape index (κ1) is 25.4. The summed E-state index contributed by atoms with van der Waals surface area (Å²) < 4.78 is 22.5. The predicted molar refractivity (Wildman–Crippen MR) is 156 cm³/mol. The van der Waals surface area contributed by atoms with Crippen molar-refractivity contribution in [2.45, 2.75) is 13.8 Å². The number of thiazole rings is 1. The van der Waals surface area contributed by atoms with E-state index in [0.29, 0.717) is 21.9 Å². The first-order chi connectivity index (χ1) is 19.5. The molecule has 0 saturated carbocycles. The molecule has 3 aromatic heterocycles. The second kappa shape index (κ2) is 10.7. The lowest BCUT2D eigenvalue weighted by Gasteiger charge is -2.08. The minimum atomic E-state index is -0.298. The van der Waals surface area contributed by atoms with Gasteiger partial charge in [0.05, 0.1) is 16.8 Å². The summed E-state index contributed by atoms with van der Waals surface area (Å²) in [6, 6.07) is 21.9. The minimum Gasteiger partial charge on any atom is -0.494 e. The SMILES string of the molecule is CCOc1ccc(-c2nn(-c3ccccc3)cc2/C=c2\sc3nc(/C=C/c4ccc(F)cc4)nn3c2=O)c(C)c1. The van der Waals surface area contributed by atoms with Crippen molar-refractivity contribution < 1.29 is 9.13 Å². The van der Waals surface area contributed by atoms with E-state index in [-0.39, 0.29) is 11.4 Å². The summed E-state index contributed by atoms with van der Waals surface area (Å²) >= 11 is 1.27. The van der Waals surface area contributed by atoms with Crippen molar-refractivity contribution in [3.05, 3.63) is 122 Å². The number of aryl methyl sites for hydroxylation is 1. The standard InChI is InChI=1S/C31H24FN5O2S/c1-3-39-25-14-15-26(20(2)17-25)29-22(19-36(35-29)24-7-5-4-6-8-24)18-27-30(38)37-31(40-27)33-28(34-37)16-11-21-9-12-23(32)13-10-21/h4-19H,3H2,1-2H3/b16-11+,27-18-. The Morgan fingerprint density at radius 1 is 1.00 bits per heavy atom. The van der Waals surface area contributed by atoms with Gasteiger partial charge in [-0.25, -0.2) is 9.07 Å². The maximum absolute atomic E-state index is 13.3. The molecule has 0 atom stereocenters. The summed E-state index contributed by atoms with van der Waals surface area (Å²) in [6.07, 6.45) is 7.24. The number of hydrogen-bond donors (Lipinski definition) is 0. The number of ether oxygens (including phenoxy) is 1. The Balaban J connectivity index is 1.41. The zero-order valence-electron chi connectivity index (χ0n) is 21.8. The zero-order valence-corrected chi connectivity index (χ0v) is 22.6. The van der Waals surface area contributed by atoms with Crippen LogP contribution in [0.15, 0.2) is 83.8 Å². The first-order valence-electron chi connectivity index (χ1n) is 12.7. The van der Waals surface area contributed by atoms with Gasteiger partial charge in [-0.3, -0.25) is 4.79 Å². The molecule has 0 saturated heterocycles. The van der Waals surface area contributed by atoms with Crippen LogP contribution >= 0.6 is 11.3 Å². The van der Waals surface area contributed by atoms with Crippen LogP contribution in [0.5, 0.6) is 5.75 Å². The lowest BCUT2D eigenvalue weighted by Crippen LogP contribution is -2.23. The molecule has 0 spiro atoms. The summed E-state index contributed by atoms with van der Waals surface area (Å²) in [4.78, 5) is 18.3. The maximum atomic E-state index is 13.3. The lowest BCUT2D eigenvalue weighted by molar-refractivity contribution is 0.340. The fourth-order valence-electron chi connectivity index (χ4n) is 4.38. The third-order valence-electron chi connectivity index (χ3n) is 6.31. The van der Waals surface area contributed by atoms with Crippen molar-refractivity contribution in [2.75, 3.05) is 6.61 Å². The summed E-state index contributed by atoms with van der Waals surface area (Å²) in [5.74, 6) is 0.906. The van der Waals surface area contributed by atoms with E-state index in [4.69, 9.17) is 9.84 Å². The summed E-state index contributed by atoms with van der Waals surface area (Å²) in [6.45, 7) is 4.56. The molecule has 0 unspecified atom stereocenters. The van der Waals surface area contributed by atoms with Gasteiger partial charge in [-0.1, -0.05) is 47.7 Å². The van der Waals surface area contributed by atoms with E-state index in [1.165, 1.54) is 28.0 Å². The number of rotatable bonds is 7. The number of para-hydroxylation sites is 1. The van der Waals surface area contributed by atoms with Gasteiger partial charge in [0.15, 0.2) is 5.82 Å². The Morgan fingerprint density at radius 2 is 1.80 bits per heavy atom. The van der Waals surface area contributed by atoms with Crippen LogP contribution in [0.25, 0.3) is 40.1 Å². The van der Waals surface area contributed by atoms with Gasteiger partial charge in [-0.05, 0) is 79.6 Å². The molecule has 6 aromatic rings. The van der Waals surface area contributed by atoms with Gasteiger partial charge in [-0.15, -0.1) is 5.10 Å². The van der Waals surface area contributed by atoms with Crippen LogP contribution in [-0.4, -0.2) is 31.0 Å². The third-order valence-corrected chi connectivity index (χ3v) is 7.27. The highest BCUT2D eigenvalue weighted by molar-refractivity contribution is 7.15. The van der Waals surface area contributed by atoms with Crippen molar-refractivity contribution >= 4 is 34.5 Å². The van der Waals surface area contributed by atoms with Crippen molar-refractivity contribution in [1.29, 1.82) is 0 Å². The monoisotopic (exact) mass is 549 g/mol. The van der Waals surface area contributed by atoms with E-state index in [2.05, 4.69) is 10.1 Å². The Hall–Kier alpha value is -4.89. The molecule has 0 aliphatic carbocycles. The molecule has 0 radical (unpaired) electrons. The molecule has 0 fully saturated rings. The van der Waals surface area contributed by atoms with Crippen LogP contribution in [0.3, 0.4) is 0 Å². The largest absolute Gasteiger partial charge is 0.494 e. The van der Waals surface area contributed by atoms with Gasteiger partial charge < -0.3 is 4.74 Å². The van der Waals surface area contributed by atoms with E-state index in [1.807, 2.05) is 79.3 Å². The average molecular weight is 550 g/mol. The van der Waals surface area contributed by atoms with Gasteiger partial charge in [0, 0.05) is 17.3 Å². The van der Waals surface area contributed by atoms with E-state index in [0.717, 1.165) is 39.4 Å². The van der Waals surface area contributed by atoms with Gasteiger partial charge in [0.25, 0.3) is 5.56 Å². The van der Waals surface area contributed by atoms with Crippen molar-refractivity contribution in [3.63, 3.8) is 0 Å². The quantitative estimate of drug-likeness (QED) is 0.260. The normalized spacial score (nSPS) is 12.1. The molecular weight excluding hydrogens is 525 g/mol. The minimum absolute atomic E-state index is 0.254. The Bertz CT molecular complexity index is 1960. The Morgan fingerprint density at radius 3 is 2.52 bits per heavy atom. The van der Waals surface area contributed by atoms with Crippen LogP contribution in [0.2, 0.25) is 0 Å². The number of aromatic nitrogens is 5. The fourth-order valence-corrected chi connectivity index (χ4v) is 5.28. The van der Waals surface area contributed by atoms with E-state index < -0.39 is 0 Å². The third kappa shape index (κ3) is 5.06. The van der Waals surface area contributed by atoms with Gasteiger partial charge in [0.1, 0.15) is 17.3 Å². The first-order valence-corrected chi connectivity index (χ1v) is 13.5. The molecule has 9 heteroatoms. The van der Waals surface area contributed by atoms with E-state index in [1.54, 1.807) is 24.3 Å². The molecule has 0 N–H and O–H groups in total. The maximum Gasteiger partial charge on any atom is 0.291 e. The van der Waals surface area contributed by atoms with Crippen LogP contribution in [0.4, 0.5) is 4.39 Å². The van der Waals surface area contributed by atoms with Crippen LogP contribution in [-0.2, 0) is 0 Å². The second-order valence-electron chi connectivity index (χ2n) is 9.09. The molecule has 3 aromatic carbocycles. The molecule has 0 aliphatic heterocycles. The fraction of sp³-hybridized carbons (Fsp3) is 0.0968.